The lowest BCUT2D eigenvalue weighted by Gasteiger charge is -2.14. The quantitative estimate of drug-likeness (QED) is 0.826. The standard InChI is InChI=1S/C11H14ClNO3/c12-8-4-7(9(14)6-13)5-10-11(8)16-3-1-2-15-10/h4-5,9,14H,1-3,6,13H2. The first-order valence-electron chi connectivity index (χ1n) is 5.19. The summed E-state index contributed by atoms with van der Waals surface area (Å²) in [5, 5.41) is 10.1. The van der Waals surface area contributed by atoms with Gasteiger partial charge in [-0.25, -0.2) is 0 Å². The number of hydrogen-bond donors (Lipinski definition) is 2. The van der Waals surface area contributed by atoms with E-state index < -0.39 is 6.10 Å². The predicted molar refractivity (Wildman–Crippen MR) is 61.1 cm³/mol. The normalized spacial score (nSPS) is 16.7. The van der Waals surface area contributed by atoms with Gasteiger partial charge in [0.1, 0.15) is 0 Å². The number of hydrogen-bond acceptors (Lipinski definition) is 4. The van der Waals surface area contributed by atoms with Crippen LogP contribution in [0.4, 0.5) is 0 Å². The van der Waals surface area contributed by atoms with Crippen LogP contribution in [-0.2, 0) is 0 Å². The third-order valence-electron chi connectivity index (χ3n) is 2.43. The zero-order chi connectivity index (χ0) is 11.5. The first-order valence-corrected chi connectivity index (χ1v) is 5.57. The van der Waals surface area contributed by atoms with Crippen LogP contribution < -0.4 is 15.2 Å². The second-order valence-corrected chi connectivity index (χ2v) is 4.04. The maximum atomic E-state index is 9.65. The first-order chi connectivity index (χ1) is 7.72. The second kappa shape index (κ2) is 4.91. The summed E-state index contributed by atoms with van der Waals surface area (Å²) in [6, 6.07) is 3.39. The summed E-state index contributed by atoms with van der Waals surface area (Å²) in [6.07, 6.45) is 0.0921. The molecule has 0 spiro atoms. The summed E-state index contributed by atoms with van der Waals surface area (Å²) < 4.78 is 11.0. The lowest BCUT2D eigenvalue weighted by atomic mass is 10.1. The molecular formula is C11H14ClNO3. The van der Waals surface area contributed by atoms with Gasteiger partial charge in [0.05, 0.1) is 24.3 Å². The third-order valence-corrected chi connectivity index (χ3v) is 2.71. The van der Waals surface area contributed by atoms with E-state index in [0.29, 0.717) is 35.3 Å². The number of aliphatic hydroxyl groups excluding tert-OH is 1. The molecule has 0 aliphatic carbocycles. The molecule has 1 aromatic carbocycles. The first kappa shape index (κ1) is 11.5. The molecule has 0 aromatic heterocycles. The van der Waals surface area contributed by atoms with Crippen molar-refractivity contribution in [1.29, 1.82) is 0 Å². The van der Waals surface area contributed by atoms with E-state index in [0.717, 1.165) is 6.42 Å². The molecule has 0 amide bonds. The van der Waals surface area contributed by atoms with E-state index in [4.69, 9.17) is 26.8 Å². The van der Waals surface area contributed by atoms with E-state index in [1.165, 1.54) is 0 Å². The molecule has 5 heteroatoms. The van der Waals surface area contributed by atoms with Gasteiger partial charge in [0, 0.05) is 13.0 Å². The molecule has 88 valence electrons. The Morgan fingerprint density at radius 3 is 2.88 bits per heavy atom. The number of ether oxygens (including phenoxy) is 2. The second-order valence-electron chi connectivity index (χ2n) is 3.63. The van der Waals surface area contributed by atoms with Crippen LogP contribution >= 0.6 is 11.6 Å². The van der Waals surface area contributed by atoms with E-state index in [1.54, 1.807) is 12.1 Å². The maximum Gasteiger partial charge on any atom is 0.179 e. The molecule has 1 unspecified atom stereocenters. The molecule has 1 aliphatic rings. The summed E-state index contributed by atoms with van der Waals surface area (Å²) in [5.41, 5.74) is 6.05. The molecule has 16 heavy (non-hydrogen) atoms. The molecular weight excluding hydrogens is 230 g/mol. The number of halogens is 1. The molecule has 4 nitrogen and oxygen atoms in total. The Morgan fingerprint density at radius 1 is 1.38 bits per heavy atom. The molecule has 0 saturated heterocycles. The summed E-state index contributed by atoms with van der Waals surface area (Å²) in [6.45, 7) is 1.33. The fraction of sp³-hybridized carbons (Fsp3) is 0.455. The Labute approximate surface area is 98.9 Å². The van der Waals surface area contributed by atoms with E-state index in [1.807, 2.05) is 0 Å². The number of rotatable bonds is 2. The Balaban J connectivity index is 2.39. The SMILES string of the molecule is NCC(O)c1cc(Cl)c2c(c1)OCCCO2. The van der Waals surface area contributed by atoms with Crippen molar-refractivity contribution >= 4 is 11.6 Å². The molecule has 1 heterocycles. The van der Waals surface area contributed by atoms with Crippen LogP contribution in [0.1, 0.15) is 18.1 Å². The Kier molecular flexibility index (Phi) is 3.53. The van der Waals surface area contributed by atoms with E-state index in [9.17, 15) is 5.11 Å². The third kappa shape index (κ3) is 2.24. The summed E-state index contributed by atoms with van der Waals surface area (Å²) >= 11 is 6.06. The van der Waals surface area contributed by atoms with Crippen molar-refractivity contribution < 1.29 is 14.6 Å². The minimum atomic E-state index is -0.727. The highest BCUT2D eigenvalue weighted by atomic mass is 35.5. The van der Waals surface area contributed by atoms with Crippen LogP contribution in [0.25, 0.3) is 0 Å². The number of nitrogens with two attached hydrogens (primary N) is 1. The van der Waals surface area contributed by atoms with Gasteiger partial charge >= 0.3 is 0 Å². The van der Waals surface area contributed by atoms with Gasteiger partial charge < -0.3 is 20.3 Å². The number of fused-ring (bicyclic) bond motifs is 1. The molecule has 0 saturated carbocycles. The zero-order valence-corrected chi connectivity index (χ0v) is 9.54. The van der Waals surface area contributed by atoms with Crippen LogP contribution in [0.3, 0.4) is 0 Å². The summed E-state index contributed by atoms with van der Waals surface area (Å²) in [4.78, 5) is 0. The molecule has 0 radical (unpaired) electrons. The molecule has 3 N–H and O–H groups in total. The monoisotopic (exact) mass is 243 g/mol. The summed E-state index contributed by atoms with van der Waals surface area (Å²) in [5.74, 6) is 1.12. The van der Waals surface area contributed by atoms with Gasteiger partial charge in [-0.15, -0.1) is 0 Å². The smallest absolute Gasteiger partial charge is 0.179 e. The summed E-state index contributed by atoms with van der Waals surface area (Å²) in [7, 11) is 0. The van der Waals surface area contributed by atoms with Gasteiger partial charge in [0.15, 0.2) is 11.5 Å². The number of benzene rings is 1. The topological polar surface area (TPSA) is 64.7 Å². The van der Waals surface area contributed by atoms with Gasteiger partial charge in [0.25, 0.3) is 0 Å². The van der Waals surface area contributed by atoms with Crippen molar-refractivity contribution in [2.24, 2.45) is 5.73 Å². The van der Waals surface area contributed by atoms with Crippen molar-refractivity contribution in [2.75, 3.05) is 19.8 Å². The van der Waals surface area contributed by atoms with Gasteiger partial charge in [-0.2, -0.15) is 0 Å². The van der Waals surface area contributed by atoms with Crippen molar-refractivity contribution in [3.05, 3.63) is 22.7 Å². The molecule has 0 bridgehead atoms. The van der Waals surface area contributed by atoms with Gasteiger partial charge in [0.2, 0.25) is 0 Å². The molecule has 0 fully saturated rings. The van der Waals surface area contributed by atoms with E-state index >= 15 is 0 Å². The lowest BCUT2D eigenvalue weighted by Crippen LogP contribution is -2.11. The van der Waals surface area contributed by atoms with Gasteiger partial charge in [-0.3, -0.25) is 0 Å². The highest BCUT2D eigenvalue weighted by Gasteiger charge is 2.17. The minimum Gasteiger partial charge on any atom is -0.489 e. The molecule has 1 atom stereocenters. The van der Waals surface area contributed by atoms with Crippen LogP contribution in [-0.4, -0.2) is 24.9 Å². The van der Waals surface area contributed by atoms with Crippen LogP contribution in [0, 0.1) is 0 Å². The van der Waals surface area contributed by atoms with Crippen molar-refractivity contribution in [3.63, 3.8) is 0 Å². The predicted octanol–water partition coefficient (Wildman–Crippen LogP) is 1.49. The molecule has 1 aliphatic heterocycles. The minimum absolute atomic E-state index is 0.149. The Hall–Kier alpha value is -0.970. The van der Waals surface area contributed by atoms with Crippen LogP contribution in [0.2, 0.25) is 5.02 Å². The lowest BCUT2D eigenvalue weighted by molar-refractivity contribution is 0.186. The molecule has 1 aromatic rings. The van der Waals surface area contributed by atoms with Crippen LogP contribution in [0.15, 0.2) is 12.1 Å². The molecule has 2 rings (SSSR count). The van der Waals surface area contributed by atoms with Crippen molar-refractivity contribution in [2.45, 2.75) is 12.5 Å². The Morgan fingerprint density at radius 2 is 2.12 bits per heavy atom. The van der Waals surface area contributed by atoms with E-state index in [-0.39, 0.29) is 6.54 Å². The van der Waals surface area contributed by atoms with Crippen molar-refractivity contribution in [1.82, 2.24) is 0 Å². The average Bonchev–Trinajstić information content (AvgIpc) is 2.53. The largest absolute Gasteiger partial charge is 0.489 e. The highest BCUT2D eigenvalue weighted by molar-refractivity contribution is 6.32. The maximum absolute atomic E-state index is 9.65. The van der Waals surface area contributed by atoms with Crippen molar-refractivity contribution in [3.8, 4) is 11.5 Å². The van der Waals surface area contributed by atoms with Gasteiger partial charge in [-0.05, 0) is 17.7 Å². The fourth-order valence-corrected chi connectivity index (χ4v) is 1.85. The van der Waals surface area contributed by atoms with E-state index in [2.05, 4.69) is 0 Å². The van der Waals surface area contributed by atoms with Crippen LogP contribution in [0.5, 0.6) is 11.5 Å². The Bertz CT molecular complexity index is 384. The highest BCUT2D eigenvalue weighted by Crippen LogP contribution is 2.39. The van der Waals surface area contributed by atoms with Gasteiger partial charge in [-0.1, -0.05) is 11.6 Å². The fourth-order valence-electron chi connectivity index (χ4n) is 1.58. The average molecular weight is 244 g/mol. The zero-order valence-electron chi connectivity index (χ0n) is 8.78. The number of aliphatic hydroxyl groups is 1.